The first-order chi connectivity index (χ1) is 8.74. The van der Waals surface area contributed by atoms with Gasteiger partial charge in [-0.2, -0.15) is 5.10 Å². The fourth-order valence-electron chi connectivity index (χ4n) is 1.73. The molecule has 0 atom stereocenters. The van der Waals surface area contributed by atoms with Crippen molar-refractivity contribution in [2.24, 2.45) is 7.05 Å². The molecule has 0 aliphatic rings. The molecular formula is C13H22BrN3O2. The molecule has 108 valence electrons. The van der Waals surface area contributed by atoms with Crippen LogP contribution in [-0.2, 0) is 24.6 Å². The molecule has 1 amide bonds. The van der Waals surface area contributed by atoms with Gasteiger partial charge in [-0.05, 0) is 43.1 Å². The summed E-state index contributed by atoms with van der Waals surface area (Å²) in [5.41, 5.74) is 1.65. The highest BCUT2D eigenvalue weighted by molar-refractivity contribution is 9.10. The van der Waals surface area contributed by atoms with Crippen LogP contribution in [0.5, 0.6) is 0 Å². The van der Waals surface area contributed by atoms with E-state index in [1.54, 1.807) is 0 Å². The molecule has 0 fully saturated rings. The molecule has 5 nitrogen and oxygen atoms in total. The summed E-state index contributed by atoms with van der Waals surface area (Å²) in [5, 5.41) is 7.16. The average Bonchev–Trinajstić information content (AvgIpc) is 2.51. The van der Waals surface area contributed by atoms with Gasteiger partial charge >= 0.3 is 6.09 Å². The molecule has 0 bridgehead atoms. The van der Waals surface area contributed by atoms with E-state index in [-0.39, 0.29) is 0 Å². The smallest absolute Gasteiger partial charge is 0.407 e. The van der Waals surface area contributed by atoms with Gasteiger partial charge in [0.15, 0.2) is 0 Å². The molecule has 0 aliphatic heterocycles. The Bertz CT molecular complexity index is 449. The van der Waals surface area contributed by atoms with Gasteiger partial charge < -0.3 is 10.1 Å². The molecule has 1 N–H and O–H groups in total. The number of amides is 1. The molecule has 0 spiro atoms. The van der Waals surface area contributed by atoms with Crippen molar-refractivity contribution in [3.8, 4) is 0 Å². The Hall–Kier alpha value is -1.04. The van der Waals surface area contributed by atoms with Gasteiger partial charge in [-0.15, -0.1) is 0 Å². The molecule has 1 aromatic rings. The van der Waals surface area contributed by atoms with Gasteiger partial charge in [-0.25, -0.2) is 4.79 Å². The second-order valence-corrected chi connectivity index (χ2v) is 6.16. The SMILES string of the molecule is CCc1c(Br)c(CCNC(=O)OC(C)(C)C)nn1C. The van der Waals surface area contributed by atoms with E-state index < -0.39 is 11.7 Å². The molecule has 0 aromatic carbocycles. The Labute approximate surface area is 122 Å². The van der Waals surface area contributed by atoms with Gasteiger partial charge in [0.2, 0.25) is 0 Å². The largest absolute Gasteiger partial charge is 0.444 e. The summed E-state index contributed by atoms with van der Waals surface area (Å²) in [4.78, 5) is 11.5. The third-order valence-electron chi connectivity index (χ3n) is 2.53. The second kappa shape index (κ2) is 6.41. The quantitative estimate of drug-likeness (QED) is 0.922. The lowest BCUT2D eigenvalue weighted by molar-refractivity contribution is 0.0528. The van der Waals surface area contributed by atoms with Crippen LogP contribution in [0.25, 0.3) is 0 Å². The van der Waals surface area contributed by atoms with Crippen LogP contribution in [0.3, 0.4) is 0 Å². The van der Waals surface area contributed by atoms with Gasteiger partial charge in [0.05, 0.1) is 15.9 Å². The summed E-state index contributed by atoms with van der Waals surface area (Å²) in [5.74, 6) is 0. The number of carbonyl (C=O) groups is 1. The third kappa shape index (κ3) is 4.86. The molecule has 1 aromatic heterocycles. The number of aromatic nitrogens is 2. The maximum atomic E-state index is 11.5. The number of rotatable bonds is 4. The Morgan fingerprint density at radius 2 is 2.11 bits per heavy atom. The number of aryl methyl sites for hydroxylation is 1. The van der Waals surface area contributed by atoms with Crippen LogP contribution < -0.4 is 5.32 Å². The van der Waals surface area contributed by atoms with Crippen LogP contribution in [0, 0.1) is 0 Å². The maximum absolute atomic E-state index is 11.5. The minimum Gasteiger partial charge on any atom is -0.444 e. The molecule has 0 radical (unpaired) electrons. The van der Waals surface area contributed by atoms with Crippen molar-refractivity contribution in [3.05, 3.63) is 15.9 Å². The lowest BCUT2D eigenvalue weighted by Gasteiger charge is -2.19. The Kier molecular flexibility index (Phi) is 5.40. The zero-order chi connectivity index (χ0) is 14.6. The van der Waals surface area contributed by atoms with Gasteiger partial charge in [-0.3, -0.25) is 4.68 Å². The van der Waals surface area contributed by atoms with E-state index in [1.165, 1.54) is 0 Å². The van der Waals surface area contributed by atoms with E-state index in [2.05, 4.69) is 33.3 Å². The number of hydrogen-bond donors (Lipinski definition) is 1. The lowest BCUT2D eigenvalue weighted by Crippen LogP contribution is -2.33. The third-order valence-corrected chi connectivity index (χ3v) is 3.45. The summed E-state index contributed by atoms with van der Waals surface area (Å²) in [7, 11) is 1.92. The molecule has 1 rings (SSSR count). The minimum absolute atomic E-state index is 0.393. The highest BCUT2D eigenvalue weighted by Gasteiger charge is 2.16. The van der Waals surface area contributed by atoms with E-state index in [1.807, 2.05) is 32.5 Å². The normalized spacial score (nSPS) is 11.5. The number of nitrogens with one attached hydrogen (secondary N) is 1. The standard InChI is InChI=1S/C13H22BrN3O2/c1-6-10-11(14)9(16-17(10)5)7-8-15-12(18)19-13(2,3)4/h6-8H2,1-5H3,(H,15,18). The summed E-state index contributed by atoms with van der Waals surface area (Å²) in [6, 6.07) is 0. The number of nitrogens with zero attached hydrogens (tertiary/aromatic N) is 2. The van der Waals surface area contributed by atoms with Crippen LogP contribution in [0.4, 0.5) is 4.79 Å². The van der Waals surface area contributed by atoms with E-state index >= 15 is 0 Å². The van der Waals surface area contributed by atoms with E-state index in [0.717, 1.165) is 22.3 Å². The van der Waals surface area contributed by atoms with Crippen LogP contribution in [0.15, 0.2) is 4.47 Å². The first kappa shape index (κ1) is 16.0. The molecule has 0 saturated heterocycles. The maximum Gasteiger partial charge on any atom is 0.407 e. The molecule has 19 heavy (non-hydrogen) atoms. The topological polar surface area (TPSA) is 56.1 Å². The predicted molar refractivity (Wildman–Crippen MR) is 78.2 cm³/mol. The monoisotopic (exact) mass is 331 g/mol. The molecule has 0 aliphatic carbocycles. The fraction of sp³-hybridized carbons (Fsp3) is 0.692. The number of ether oxygens (including phenoxy) is 1. The number of halogens is 1. The number of hydrogen-bond acceptors (Lipinski definition) is 3. The summed E-state index contributed by atoms with van der Waals surface area (Å²) < 4.78 is 8.07. The van der Waals surface area contributed by atoms with Crippen LogP contribution in [0.1, 0.15) is 39.1 Å². The summed E-state index contributed by atoms with van der Waals surface area (Å²) in [6.45, 7) is 8.12. The van der Waals surface area contributed by atoms with Gasteiger partial charge in [0.1, 0.15) is 5.60 Å². The van der Waals surface area contributed by atoms with Crippen molar-refractivity contribution in [2.75, 3.05) is 6.54 Å². The Balaban J connectivity index is 2.48. The first-order valence-corrected chi connectivity index (χ1v) is 7.21. The molecule has 0 saturated carbocycles. The van der Waals surface area contributed by atoms with Crippen molar-refractivity contribution in [1.29, 1.82) is 0 Å². The van der Waals surface area contributed by atoms with Gasteiger partial charge in [0, 0.05) is 20.0 Å². The molecular weight excluding hydrogens is 310 g/mol. The average molecular weight is 332 g/mol. The van der Waals surface area contributed by atoms with Crippen LogP contribution >= 0.6 is 15.9 Å². The zero-order valence-corrected chi connectivity index (χ0v) is 13.8. The molecule has 6 heteroatoms. The molecule has 1 heterocycles. The Morgan fingerprint density at radius 1 is 1.47 bits per heavy atom. The van der Waals surface area contributed by atoms with Crippen LogP contribution in [-0.4, -0.2) is 28.0 Å². The zero-order valence-electron chi connectivity index (χ0n) is 12.2. The van der Waals surface area contributed by atoms with Crippen molar-refractivity contribution in [2.45, 2.75) is 46.1 Å². The summed E-state index contributed by atoms with van der Waals surface area (Å²) in [6.07, 6.45) is 1.20. The van der Waals surface area contributed by atoms with Crippen LogP contribution in [0.2, 0.25) is 0 Å². The van der Waals surface area contributed by atoms with Gasteiger partial charge in [0.25, 0.3) is 0 Å². The number of alkyl carbamates (subject to hydrolysis) is 1. The van der Waals surface area contributed by atoms with E-state index in [9.17, 15) is 4.79 Å². The first-order valence-electron chi connectivity index (χ1n) is 6.41. The highest BCUT2D eigenvalue weighted by Crippen LogP contribution is 2.21. The second-order valence-electron chi connectivity index (χ2n) is 5.36. The predicted octanol–water partition coefficient (Wildman–Crippen LogP) is 2.81. The van der Waals surface area contributed by atoms with Gasteiger partial charge in [-0.1, -0.05) is 6.92 Å². The molecule has 0 unspecified atom stereocenters. The van der Waals surface area contributed by atoms with E-state index in [4.69, 9.17) is 4.74 Å². The van der Waals surface area contributed by atoms with E-state index in [0.29, 0.717) is 13.0 Å². The highest BCUT2D eigenvalue weighted by atomic mass is 79.9. The van der Waals surface area contributed by atoms with Crippen molar-refractivity contribution < 1.29 is 9.53 Å². The van der Waals surface area contributed by atoms with Crippen molar-refractivity contribution in [3.63, 3.8) is 0 Å². The summed E-state index contributed by atoms with van der Waals surface area (Å²) >= 11 is 3.55. The van der Waals surface area contributed by atoms with Crippen molar-refractivity contribution in [1.82, 2.24) is 15.1 Å². The Morgan fingerprint density at radius 3 is 2.58 bits per heavy atom. The number of carbonyl (C=O) groups excluding carboxylic acids is 1. The van der Waals surface area contributed by atoms with Crippen molar-refractivity contribution >= 4 is 22.0 Å². The fourth-order valence-corrected chi connectivity index (χ4v) is 2.55. The minimum atomic E-state index is -0.467. The lowest BCUT2D eigenvalue weighted by atomic mass is 10.2.